The molecule has 10 nitrogen and oxygen atoms in total. The summed E-state index contributed by atoms with van der Waals surface area (Å²) in [6.07, 6.45) is 4.50. The molecule has 2 aromatic carbocycles. The highest BCUT2D eigenvalue weighted by molar-refractivity contribution is 5.90. The number of nitriles is 1. The van der Waals surface area contributed by atoms with Gasteiger partial charge in [0.1, 0.15) is 23.2 Å². The zero-order chi connectivity index (χ0) is 27.4. The second-order valence-electron chi connectivity index (χ2n) is 10.6. The van der Waals surface area contributed by atoms with E-state index in [1.165, 1.54) is 12.4 Å². The molecular weight excluding hydrogens is 494 g/mol. The summed E-state index contributed by atoms with van der Waals surface area (Å²) in [5.74, 6) is 1.97. The van der Waals surface area contributed by atoms with Crippen LogP contribution in [0.15, 0.2) is 54.9 Å². The van der Waals surface area contributed by atoms with Gasteiger partial charge in [-0.05, 0) is 56.5 Å². The van der Waals surface area contributed by atoms with E-state index in [9.17, 15) is 4.79 Å². The van der Waals surface area contributed by atoms with E-state index in [0.29, 0.717) is 31.3 Å². The van der Waals surface area contributed by atoms with Gasteiger partial charge in [-0.3, -0.25) is 5.10 Å². The van der Waals surface area contributed by atoms with Crippen LogP contribution < -0.4 is 10.1 Å². The molecule has 200 valence electrons. The zero-order valence-corrected chi connectivity index (χ0v) is 22.3. The van der Waals surface area contributed by atoms with Gasteiger partial charge < -0.3 is 19.7 Å². The third-order valence-corrected chi connectivity index (χ3v) is 6.38. The van der Waals surface area contributed by atoms with Crippen LogP contribution >= 0.6 is 0 Å². The minimum atomic E-state index is -0.523. The molecule has 1 saturated heterocycles. The van der Waals surface area contributed by atoms with Crippen molar-refractivity contribution in [2.24, 2.45) is 5.92 Å². The molecule has 0 spiro atoms. The second kappa shape index (κ2) is 11.0. The van der Waals surface area contributed by atoms with Crippen LogP contribution in [0.3, 0.4) is 0 Å². The van der Waals surface area contributed by atoms with Gasteiger partial charge in [0, 0.05) is 30.6 Å². The first-order valence-electron chi connectivity index (χ1n) is 13.0. The molecule has 1 atom stereocenters. The van der Waals surface area contributed by atoms with Gasteiger partial charge >= 0.3 is 6.09 Å². The number of likely N-dealkylation sites (tertiary alicyclic amines) is 1. The van der Waals surface area contributed by atoms with E-state index in [4.69, 9.17) is 14.7 Å². The number of fused-ring (bicyclic) bond motifs is 1. The summed E-state index contributed by atoms with van der Waals surface area (Å²) >= 11 is 0. The molecule has 1 unspecified atom stereocenters. The highest BCUT2D eigenvalue weighted by Crippen LogP contribution is 2.35. The lowest BCUT2D eigenvalue weighted by Gasteiger charge is -2.34. The fourth-order valence-electron chi connectivity index (χ4n) is 4.56. The summed E-state index contributed by atoms with van der Waals surface area (Å²) in [5, 5.41) is 21.6. The van der Waals surface area contributed by atoms with E-state index in [2.05, 4.69) is 43.7 Å². The molecule has 1 aliphatic rings. The van der Waals surface area contributed by atoms with E-state index < -0.39 is 5.60 Å². The van der Waals surface area contributed by atoms with Crippen LogP contribution in [0.4, 0.5) is 16.4 Å². The highest BCUT2D eigenvalue weighted by Gasteiger charge is 2.28. The molecule has 0 saturated carbocycles. The summed E-state index contributed by atoms with van der Waals surface area (Å²) in [4.78, 5) is 22.6. The number of aromatic amines is 1. The maximum atomic E-state index is 12.6. The summed E-state index contributed by atoms with van der Waals surface area (Å²) < 4.78 is 12.0. The largest absolute Gasteiger partial charge is 0.493 e. The Morgan fingerprint density at radius 2 is 1.95 bits per heavy atom. The van der Waals surface area contributed by atoms with Gasteiger partial charge in [-0.25, -0.2) is 14.8 Å². The Balaban J connectivity index is 1.34. The normalized spacial score (nSPS) is 15.5. The van der Waals surface area contributed by atoms with Crippen molar-refractivity contribution in [3.05, 3.63) is 60.6 Å². The average Bonchev–Trinajstić information content (AvgIpc) is 3.39. The smallest absolute Gasteiger partial charge is 0.410 e. The SMILES string of the molecule is CC(C)(C)OC(=O)N1CCCC(COc2cc3ccccc3cc2-c2cc(Nc3cnc(C#N)cn3)n[nH]2)C1. The van der Waals surface area contributed by atoms with Crippen molar-refractivity contribution in [3.63, 3.8) is 0 Å². The number of hydrogen-bond acceptors (Lipinski definition) is 8. The van der Waals surface area contributed by atoms with Crippen LogP contribution in [0.1, 0.15) is 39.3 Å². The lowest BCUT2D eigenvalue weighted by atomic mass is 9.99. The zero-order valence-electron chi connectivity index (χ0n) is 22.3. The third-order valence-electron chi connectivity index (χ3n) is 6.38. The van der Waals surface area contributed by atoms with Gasteiger partial charge in [0.25, 0.3) is 0 Å². The topological polar surface area (TPSA) is 129 Å². The number of H-pyrrole nitrogens is 1. The van der Waals surface area contributed by atoms with E-state index in [1.54, 1.807) is 4.90 Å². The van der Waals surface area contributed by atoms with Crippen LogP contribution in [-0.4, -0.2) is 56.5 Å². The van der Waals surface area contributed by atoms with Gasteiger partial charge in [0.05, 0.1) is 24.7 Å². The number of aromatic nitrogens is 4. The van der Waals surface area contributed by atoms with Crippen LogP contribution in [-0.2, 0) is 4.74 Å². The predicted octanol–water partition coefficient (Wildman–Crippen LogP) is 5.66. The Morgan fingerprint density at radius 3 is 2.67 bits per heavy atom. The number of anilines is 2. The van der Waals surface area contributed by atoms with E-state index in [1.807, 2.05) is 51.1 Å². The van der Waals surface area contributed by atoms with Crippen molar-refractivity contribution in [1.29, 1.82) is 5.26 Å². The van der Waals surface area contributed by atoms with Crippen molar-refractivity contribution >= 4 is 28.5 Å². The lowest BCUT2D eigenvalue weighted by molar-refractivity contribution is 0.0139. The molecule has 0 radical (unpaired) electrons. The number of amides is 1. The van der Waals surface area contributed by atoms with Gasteiger partial charge in [-0.15, -0.1) is 0 Å². The number of nitrogens with one attached hydrogen (secondary N) is 2. The number of piperidine rings is 1. The lowest BCUT2D eigenvalue weighted by Crippen LogP contribution is -2.44. The number of ether oxygens (including phenoxy) is 2. The van der Waals surface area contributed by atoms with Gasteiger partial charge in [0.15, 0.2) is 11.5 Å². The molecule has 1 amide bonds. The van der Waals surface area contributed by atoms with Gasteiger partial charge in [-0.1, -0.05) is 24.3 Å². The molecule has 2 N–H and O–H groups in total. The first-order valence-corrected chi connectivity index (χ1v) is 13.0. The number of benzene rings is 2. The van der Waals surface area contributed by atoms with Crippen LogP contribution in [0.5, 0.6) is 5.75 Å². The standard InChI is InChI=1S/C29H31N7O3/c1-29(2,3)39-28(37)36-10-6-7-19(17-36)18-38-25-12-21-9-5-4-8-20(21)11-23(25)24-13-26(35-34-24)33-27-16-31-22(14-30)15-32-27/h4-5,8-9,11-13,15-16,19H,6-7,10,17-18H2,1-3H3,(H2,32,33,34,35). The summed E-state index contributed by atoms with van der Waals surface area (Å²) in [7, 11) is 0. The number of hydrogen-bond donors (Lipinski definition) is 2. The number of rotatable bonds is 6. The fraction of sp³-hybridized carbons (Fsp3) is 0.345. The number of carbonyl (C=O) groups excluding carboxylic acids is 1. The predicted molar refractivity (Wildman–Crippen MR) is 148 cm³/mol. The molecule has 2 aromatic heterocycles. The van der Waals surface area contributed by atoms with Crippen molar-refractivity contribution in [3.8, 4) is 23.1 Å². The van der Waals surface area contributed by atoms with E-state index in [-0.39, 0.29) is 17.7 Å². The summed E-state index contributed by atoms with van der Waals surface area (Å²) in [6, 6.07) is 16.1. The third kappa shape index (κ3) is 6.44. The van der Waals surface area contributed by atoms with Gasteiger partial charge in [-0.2, -0.15) is 10.4 Å². The minimum Gasteiger partial charge on any atom is -0.493 e. The monoisotopic (exact) mass is 525 g/mol. The first kappa shape index (κ1) is 26.0. The number of carbonyl (C=O) groups is 1. The minimum absolute atomic E-state index is 0.194. The molecular formula is C29H31N7O3. The molecule has 39 heavy (non-hydrogen) atoms. The van der Waals surface area contributed by atoms with Crippen molar-refractivity contribution < 1.29 is 14.3 Å². The first-order chi connectivity index (χ1) is 18.8. The summed E-state index contributed by atoms with van der Waals surface area (Å²) in [5.41, 5.74) is 1.37. The fourth-order valence-corrected chi connectivity index (χ4v) is 4.56. The molecule has 3 heterocycles. The van der Waals surface area contributed by atoms with Crippen molar-refractivity contribution in [1.82, 2.24) is 25.1 Å². The second-order valence-corrected chi connectivity index (χ2v) is 10.6. The maximum absolute atomic E-state index is 12.6. The van der Waals surface area contributed by atoms with Crippen LogP contribution in [0, 0.1) is 17.2 Å². The number of nitrogens with zero attached hydrogens (tertiary/aromatic N) is 5. The van der Waals surface area contributed by atoms with Crippen LogP contribution in [0.25, 0.3) is 22.0 Å². The van der Waals surface area contributed by atoms with E-state index >= 15 is 0 Å². The Morgan fingerprint density at radius 1 is 1.15 bits per heavy atom. The molecule has 1 aliphatic heterocycles. The van der Waals surface area contributed by atoms with Gasteiger partial charge in [0.2, 0.25) is 0 Å². The average molecular weight is 526 g/mol. The summed E-state index contributed by atoms with van der Waals surface area (Å²) in [6.45, 7) is 7.41. The molecule has 5 rings (SSSR count). The highest BCUT2D eigenvalue weighted by atomic mass is 16.6. The quantitative estimate of drug-likeness (QED) is 0.330. The molecule has 1 fully saturated rings. The Bertz CT molecular complexity index is 1500. The Labute approximate surface area is 227 Å². The van der Waals surface area contributed by atoms with Crippen LogP contribution in [0.2, 0.25) is 0 Å². The Hall–Kier alpha value is -4.65. The molecule has 10 heteroatoms. The molecule has 0 bridgehead atoms. The molecule has 4 aromatic rings. The van der Waals surface area contributed by atoms with E-state index in [0.717, 1.165) is 40.6 Å². The Kier molecular flexibility index (Phi) is 7.32. The molecule has 0 aliphatic carbocycles. The van der Waals surface area contributed by atoms with Crippen molar-refractivity contribution in [2.75, 3.05) is 25.0 Å². The van der Waals surface area contributed by atoms with Crippen molar-refractivity contribution in [2.45, 2.75) is 39.2 Å². The maximum Gasteiger partial charge on any atom is 0.410 e.